The van der Waals surface area contributed by atoms with E-state index in [0.29, 0.717) is 5.69 Å². The number of hydrogen-bond acceptors (Lipinski definition) is 1. The standard InChI is InChI=1S/C15H12N2O/c16-15(18)17-14-8-4-7-13(11-14)10-9-12-5-2-1-3-6-12/h1-8,11H,(H3,16,17,18). The van der Waals surface area contributed by atoms with Crippen molar-refractivity contribution in [2.24, 2.45) is 5.73 Å². The van der Waals surface area contributed by atoms with Gasteiger partial charge in [-0.05, 0) is 30.3 Å². The van der Waals surface area contributed by atoms with E-state index in [2.05, 4.69) is 17.2 Å². The summed E-state index contributed by atoms with van der Waals surface area (Å²) in [4.78, 5) is 10.7. The number of amides is 2. The number of urea groups is 1. The zero-order valence-corrected chi connectivity index (χ0v) is 9.68. The van der Waals surface area contributed by atoms with Crippen LogP contribution in [0.15, 0.2) is 54.6 Å². The molecule has 0 heterocycles. The lowest BCUT2D eigenvalue weighted by Gasteiger charge is -2.00. The van der Waals surface area contributed by atoms with Gasteiger partial charge in [0.25, 0.3) is 0 Å². The van der Waals surface area contributed by atoms with Crippen molar-refractivity contribution in [2.45, 2.75) is 0 Å². The van der Waals surface area contributed by atoms with Crippen molar-refractivity contribution < 1.29 is 4.79 Å². The molecule has 0 saturated carbocycles. The monoisotopic (exact) mass is 236 g/mol. The fraction of sp³-hybridized carbons (Fsp3) is 0. The molecule has 0 aromatic heterocycles. The van der Waals surface area contributed by atoms with E-state index in [4.69, 9.17) is 5.73 Å². The molecule has 88 valence electrons. The molecule has 0 atom stereocenters. The summed E-state index contributed by atoms with van der Waals surface area (Å²) in [5, 5.41) is 2.51. The maximum absolute atomic E-state index is 10.7. The highest BCUT2D eigenvalue weighted by molar-refractivity contribution is 5.87. The minimum absolute atomic E-state index is 0.580. The summed E-state index contributed by atoms with van der Waals surface area (Å²) in [6.07, 6.45) is 0. The van der Waals surface area contributed by atoms with E-state index < -0.39 is 6.03 Å². The second kappa shape index (κ2) is 5.55. The highest BCUT2D eigenvalue weighted by Gasteiger charge is 1.95. The van der Waals surface area contributed by atoms with Crippen LogP contribution in [0.1, 0.15) is 11.1 Å². The van der Waals surface area contributed by atoms with E-state index in [-0.39, 0.29) is 0 Å². The van der Waals surface area contributed by atoms with Crippen LogP contribution in [0.3, 0.4) is 0 Å². The van der Waals surface area contributed by atoms with Crippen molar-refractivity contribution in [3.8, 4) is 11.8 Å². The number of benzene rings is 2. The largest absolute Gasteiger partial charge is 0.351 e. The Morgan fingerprint density at radius 2 is 1.61 bits per heavy atom. The lowest BCUT2D eigenvalue weighted by Crippen LogP contribution is -2.19. The van der Waals surface area contributed by atoms with Gasteiger partial charge in [0.15, 0.2) is 0 Å². The fourth-order valence-electron chi connectivity index (χ4n) is 1.48. The maximum atomic E-state index is 10.7. The van der Waals surface area contributed by atoms with Crippen LogP contribution in [0.5, 0.6) is 0 Å². The third kappa shape index (κ3) is 3.39. The second-order valence-corrected chi connectivity index (χ2v) is 3.69. The average molecular weight is 236 g/mol. The van der Waals surface area contributed by atoms with Crippen LogP contribution in [-0.2, 0) is 0 Å². The van der Waals surface area contributed by atoms with E-state index in [1.54, 1.807) is 12.1 Å². The van der Waals surface area contributed by atoms with E-state index in [1.165, 1.54) is 0 Å². The maximum Gasteiger partial charge on any atom is 0.316 e. The molecule has 2 aromatic rings. The van der Waals surface area contributed by atoms with Gasteiger partial charge < -0.3 is 11.1 Å². The molecule has 3 heteroatoms. The second-order valence-electron chi connectivity index (χ2n) is 3.69. The smallest absolute Gasteiger partial charge is 0.316 e. The molecule has 0 bridgehead atoms. The quantitative estimate of drug-likeness (QED) is 0.734. The minimum atomic E-state index is -0.580. The number of hydrogen-bond donors (Lipinski definition) is 2. The number of carbonyl (C=O) groups excluding carboxylic acids is 1. The van der Waals surface area contributed by atoms with Gasteiger partial charge in [0.1, 0.15) is 0 Å². The fourth-order valence-corrected chi connectivity index (χ4v) is 1.48. The topological polar surface area (TPSA) is 55.1 Å². The molecular weight excluding hydrogens is 224 g/mol. The Morgan fingerprint density at radius 1 is 0.944 bits per heavy atom. The molecule has 0 radical (unpaired) electrons. The van der Waals surface area contributed by atoms with E-state index in [9.17, 15) is 4.79 Å². The molecule has 2 amide bonds. The molecule has 0 aliphatic rings. The van der Waals surface area contributed by atoms with Crippen LogP contribution >= 0.6 is 0 Å². The van der Waals surface area contributed by atoms with Crippen molar-refractivity contribution in [2.75, 3.05) is 5.32 Å². The van der Waals surface area contributed by atoms with Gasteiger partial charge in [-0.2, -0.15) is 0 Å². The molecule has 0 aliphatic heterocycles. The van der Waals surface area contributed by atoms with Crippen LogP contribution in [0.2, 0.25) is 0 Å². The Balaban J connectivity index is 2.20. The molecule has 3 N–H and O–H groups in total. The molecule has 0 spiro atoms. The Hall–Kier alpha value is -2.73. The van der Waals surface area contributed by atoms with E-state index >= 15 is 0 Å². The Kier molecular flexibility index (Phi) is 3.62. The summed E-state index contributed by atoms with van der Waals surface area (Å²) in [7, 11) is 0. The number of rotatable bonds is 1. The summed E-state index contributed by atoms with van der Waals surface area (Å²) < 4.78 is 0. The van der Waals surface area contributed by atoms with Gasteiger partial charge in [0, 0.05) is 16.8 Å². The Bertz CT molecular complexity index is 609. The molecule has 0 saturated heterocycles. The van der Waals surface area contributed by atoms with Crippen molar-refractivity contribution in [3.63, 3.8) is 0 Å². The van der Waals surface area contributed by atoms with Gasteiger partial charge >= 0.3 is 6.03 Å². The van der Waals surface area contributed by atoms with Gasteiger partial charge in [-0.25, -0.2) is 4.79 Å². The SMILES string of the molecule is NC(=O)Nc1cccc(C#Cc2ccccc2)c1. The van der Waals surface area contributed by atoms with Crippen LogP contribution in [0.25, 0.3) is 0 Å². The summed E-state index contributed by atoms with van der Waals surface area (Å²) in [6.45, 7) is 0. The zero-order chi connectivity index (χ0) is 12.8. The summed E-state index contributed by atoms with van der Waals surface area (Å²) in [6, 6.07) is 16.4. The summed E-state index contributed by atoms with van der Waals surface area (Å²) in [5.41, 5.74) is 7.47. The molecule has 3 nitrogen and oxygen atoms in total. The highest BCUT2D eigenvalue weighted by Crippen LogP contribution is 2.09. The predicted octanol–water partition coefficient (Wildman–Crippen LogP) is 2.58. The summed E-state index contributed by atoms with van der Waals surface area (Å²) >= 11 is 0. The van der Waals surface area contributed by atoms with Gasteiger partial charge in [-0.3, -0.25) is 0 Å². The number of carbonyl (C=O) groups is 1. The number of anilines is 1. The van der Waals surface area contributed by atoms with Crippen LogP contribution < -0.4 is 11.1 Å². The van der Waals surface area contributed by atoms with Crippen molar-refractivity contribution >= 4 is 11.7 Å². The molecule has 0 aliphatic carbocycles. The first-order valence-electron chi connectivity index (χ1n) is 5.47. The normalized spacial score (nSPS) is 9.11. The van der Waals surface area contributed by atoms with Crippen LogP contribution in [0.4, 0.5) is 10.5 Å². The lowest BCUT2D eigenvalue weighted by atomic mass is 10.1. The van der Waals surface area contributed by atoms with Crippen molar-refractivity contribution in [1.82, 2.24) is 0 Å². The van der Waals surface area contributed by atoms with Crippen molar-refractivity contribution in [3.05, 3.63) is 65.7 Å². The lowest BCUT2D eigenvalue weighted by molar-refractivity contribution is 0.259. The van der Waals surface area contributed by atoms with Gasteiger partial charge in [0.05, 0.1) is 0 Å². The first-order chi connectivity index (χ1) is 8.74. The highest BCUT2D eigenvalue weighted by atomic mass is 16.2. The molecule has 0 fully saturated rings. The van der Waals surface area contributed by atoms with Gasteiger partial charge in [-0.1, -0.05) is 36.1 Å². The Labute approximate surface area is 106 Å². The molecule has 2 rings (SSSR count). The zero-order valence-electron chi connectivity index (χ0n) is 9.68. The third-order valence-corrected chi connectivity index (χ3v) is 2.26. The number of nitrogens with one attached hydrogen (secondary N) is 1. The number of nitrogens with two attached hydrogens (primary N) is 1. The molecule has 2 aromatic carbocycles. The van der Waals surface area contributed by atoms with E-state index in [0.717, 1.165) is 11.1 Å². The average Bonchev–Trinajstić information content (AvgIpc) is 2.37. The number of primary amides is 1. The first kappa shape index (κ1) is 11.7. The molecule has 18 heavy (non-hydrogen) atoms. The summed E-state index contributed by atoms with van der Waals surface area (Å²) in [5.74, 6) is 6.08. The first-order valence-corrected chi connectivity index (χ1v) is 5.47. The molecular formula is C15H12N2O. The molecule has 0 unspecified atom stereocenters. The minimum Gasteiger partial charge on any atom is -0.351 e. The van der Waals surface area contributed by atoms with Crippen molar-refractivity contribution in [1.29, 1.82) is 0 Å². The predicted molar refractivity (Wildman–Crippen MR) is 72.1 cm³/mol. The van der Waals surface area contributed by atoms with Crippen LogP contribution in [0, 0.1) is 11.8 Å². The van der Waals surface area contributed by atoms with Gasteiger partial charge in [0.2, 0.25) is 0 Å². The van der Waals surface area contributed by atoms with Crippen LogP contribution in [-0.4, -0.2) is 6.03 Å². The van der Waals surface area contributed by atoms with E-state index in [1.807, 2.05) is 42.5 Å². The Morgan fingerprint density at radius 3 is 2.33 bits per heavy atom. The van der Waals surface area contributed by atoms with Gasteiger partial charge in [-0.15, -0.1) is 0 Å². The third-order valence-electron chi connectivity index (χ3n) is 2.26.